The van der Waals surface area contributed by atoms with Crippen molar-refractivity contribution in [2.24, 2.45) is 11.8 Å². The van der Waals surface area contributed by atoms with Crippen LogP contribution in [0.2, 0.25) is 0 Å². The van der Waals surface area contributed by atoms with Crippen LogP contribution < -0.4 is 10.6 Å². The monoisotopic (exact) mass is 364 g/mol. The molecule has 1 aliphatic heterocycles. The van der Waals surface area contributed by atoms with Crippen LogP contribution in [0.25, 0.3) is 0 Å². The lowest BCUT2D eigenvalue weighted by Gasteiger charge is -2.32. The van der Waals surface area contributed by atoms with Crippen molar-refractivity contribution in [2.75, 3.05) is 13.1 Å². The predicted octanol–water partition coefficient (Wildman–Crippen LogP) is 3.73. The van der Waals surface area contributed by atoms with Crippen LogP contribution in [-0.2, 0) is 11.2 Å². The number of aryl methyl sites for hydroxylation is 1. The highest BCUT2D eigenvalue weighted by Gasteiger charge is 2.30. The molecule has 2 aromatic rings. The third-order valence-electron chi connectivity index (χ3n) is 4.75. The second-order valence-electron chi connectivity index (χ2n) is 6.43. The molecule has 2 N–H and O–H groups in total. The molecular weight excluding hydrogens is 340 g/mol. The largest absolute Gasteiger partial charge is 0.348 e. The van der Waals surface area contributed by atoms with E-state index in [2.05, 4.69) is 53.3 Å². The van der Waals surface area contributed by atoms with E-state index in [1.54, 1.807) is 11.3 Å². The maximum atomic E-state index is 12.7. The summed E-state index contributed by atoms with van der Waals surface area (Å²) in [6.07, 6.45) is 0.837. The Morgan fingerprint density at radius 3 is 2.54 bits per heavy atom. The standard InChI is InChI=1S/C19H24N2OS.ClH/c1-13-8-9-23-18(13)17(10-15-6-4-3-5-7-15)21-19(22)14(2)16-11-20-12-16;/h3-9,14,16-17,20H,10-12H2,1-2H3,(H,21,22);1H. The Labute approximate surface area is 154 Å². The van der Waals surface area contributed by atoms with Crippen molar-refractivity contribution in [3.05, 3.63) is 57.8 Å². The molecule has 2 atom stereocenters. The molecule has 24 heavy (non-hydrogen) atoms. The maximum absolute atomic E-state index is 12.7. The van der Waals surface area contributed by atoms with Crippen LogP contribution in [0.1, 0.15) is 29.0 Å². The quantitative estimate of drug-likeness (QED) is 0.819. The summed E-state index contributed by atoms with van der Waals surface area (Å²) >= 11 is 1.73. The number of amides is 1. The third-order valence-corrected chi connectivity index (χ3v) is 5.88. The van der Waals surface area contributed by atoms with E-state index in [9.17, 15) is 4.79 Å². The summed E-state index contributed by atoms with van der Waals surface area (Å²) in [6.45, 7) is 6.07. The highest BCUT2D eigenvalue weighted by molar-refractivity contribution is 7.10. The van der Waals surface area contributed by atoms with Crippen LogP contribution in [-0.4, -0.2) is 19.0 Å². The third kappa shape index (κ3) is 4.38. The minimum atomic E-state index is 0. The van der Waals surface area contributed by atoms with E-state index in [0.717, 1.165) is 19.5 Å². The zero-order valence-corrected chi connectivity index (χ0v) is 15.8. The smallest absolute Gasteiger partial charge is 0.223 e. The molecule has 1 aromatic carbocycles. The molecule has 1 aromatic heterocycles. The molecule has 1 fully saturated rings. The van der Waals surface area contributed by atoms with Crippen LogP contribution in [0.3, 0.4) is 0 Å². The number of halogens is 1. The molecule has 0 aliphatic carbocycles. The minimum absolute atomic E-state index is 0. The van der Waals surface area contributed by atoms with Crippen LogP contribution in [0, 0.1) is 18.8 Å². The molecule has 0 radical (unpaired) electrons. The zero-order valence-electron chi connectivity index (χ0n) is 14.1. The molecule has 1 aliphatic rings. The predicted molar refractivity (Wildman–Crippen MR) is 103 cm³/mol. The van der Waals surface area contributed by atoms with Gasteiger partial charge in [0.15, 0.2) is 0 Å². The van der Waals surface area contributed by atoms with Gasteiger partial charge >= 0.3 is 0 Å². The van der Waals surface area contributed by atoms with E-state index in [4.69, 9.17) is 0 Å². The molecule has 5 heteroatoms. The number of carbonyl (C=O) groups excluding carboxylic acids is 1. The molecular formula is C19H25ClN2OS. The number of hydrogen-bond acceptors (Lipinski definition) is 3. The molecule has 130 valence electrons. The molecule has 3 rings (SSSR count). The summed E-state index contributed by atoms with van der Waals surface area (Å²) in [6, 6.07) is 12.6. The number of carbonyl (C=O) groups is 1. The topological polar surface area (TPSA) is 41.1 Å². The van der Waals surface area contributed by atoms with E-state index >= 15 is 0 Å². The van der Waals surface area contributed by atoms with Crippen LogP contribution in [0.15, 0.2) is 41.8 Å². The second-order valence-corrected chi connectivity index (χ2v) is 7.37. The number of nitrogens with one attached hydrogen (secondary N) is 2. The lowest BCUT2D eigenvalue weighted by molar-refractivity contribution is -0.127. The molecule has 3 nitrogen and oxygen atoms in total. The fourth-order valence-corrected chi connectivity index (χ4v) is 3.96. The van der Waals surface area contributed by atoms with Gasteiger partial charge in [0.25, 0.3) is 0 Å². The molecule has 0 bridgehead atoms. The van der Waals surface area contributed by atoms with Crippen molar-refractivity contribution in [1.82, 2.24) is 10.6 Å². The molecule has 0 saturated carbocycles. The van der Waals surface area contributed by atoms with E-state index in [1.807, 2.05) is 13.0 Å². The van der Waals surface area contributed by atoms with Crippen molar-refractivity contribution in [2.45, 2.75) is 26.3 Å². The van der Waals surface area contributed by atoms with Crippen molar-refractivity contribution in [3.63, 3.8) is 0 Å². The first-order valence-corrected chi connectivity index (χ1v) is 9.12. The fourth-order valence-electron chi connectivity index (χ4n) is 2.98. The first-order chi connectivity index (χ1) is 11.1. The summed E-state index contributed by atoms with van der Waals surface area (Å²) in [4.78, 5) is 13.9. The summed E-state index contributed by atoms with van der Waals surface area (Å²) < 4.78 is 0. The Bertz CT molecular complexity index is 654. The van der Waals surface area contributed by atoms with Gasteiger partial charge in [-0.25, -0.2) is 0 Å². The lowest BCUT2D eigenvalue weighted by Crippen LogP contribution is -2.50. The Kier molecular flexibility index (Phi) is 6.84. The van der Waals surface area contributed by atoms with Crippen molar-refractivity contribution >= 4 is 29.7 Å². The van der Waals surface area contributed by atoms with Gasteiger partial charge in [0.1, 0.15) is 0 Å². The maximum Gasteiger partial charge on any atom is 0.223 e. The van der Waals surface area contributed by atoms with E-state index < -0.39 is 0 Å². The average molecular weight is 365 g/mol. The highest BCUT2D eigenvalue weighted by atomic mass is 35.5. The Morgan fingerprint density at radius 1 is 1.29 bits per heavy atom. The Balaban J connectivity index is 0.00000208. The van der Waals surface area contributed by atoms with E-state index in [1.165, 1.54) is 16.0 Å². The van der Waals surface area contributed by atoms with Crippen LogP contribution in [0.4, 0.5) is 0 Å². The first kappa shape index (κ1) is 19.0. The zero-order chi connectivity index (χ0) is 16.2. The highest BCUT2D eigenvalue weighted by Crippen LogP contribution is 2.28. The molecule has 0 spiro atoms. The van der Waals surface area contributed by atoms with Gasteiger partial charge in [-0.05, 0) is 54.9 Å². The number of rotatable bonds is 6. The van der Waals surface area contributed by atoms with Crippen LogP contribution >= 0.6 is 23.7 Å². The van der Waals surface area contributed by atoms with E-state index in [-0.39, 0.29) is 30.3 Å². The number of thiophene rings is 1. The first-order valence-electron chi connectivity index (χ1n) is 8.24. The van der Waals surface area contributed by atoms with Gasteiger partial charge in [-0.3, -0.25) is 4.79 Å². The van der Waals surface area contributed by atoms with Gasteiger partial charge in [0.05, 0.1) is 6.04 Å². The van der Waals surface area contributed by atoms with Gasteiger partial charge in [-0.2, -0.15) is 0 Å². The summed E-state index contributed by atoms with van der Waals surface area (Å²) in [7, 11) is 0. The average Bonchev–Trinajstić information content (AvgIpc) is 2.92. The second kappa shape index (κ2) is 8.65. The van der Waals surface area contributed by atoms with Crippen LogP contribution in [0.5, 0.6) is 0 Å². The van der Waals surface area contributed by atoms with Gasteiger partial charge in [0.2, 0.25) is 5.91 Å². The fraction of sp³-hybridized carbons (Fsp3) is 0.421. The molecule has 1 saturated heterocycles. The summed E-state index contributed by atoms with van der Waals surface area (Å²) in [5.74, 6) is 0.705. The molecule has 2 heterocycles. The van der Waals surface area contributed by atoms with Gasteiger partial charge in [0, 0.05) is 10.8 Å². The lowest BCUT2D eigenvalue weighted by atomic mass is 9.88. The normalized spacial score (nSPS) is 16.6. The SMILES string of the molecule is Cc1ccsc1C(Cc1ccccc1)NC(=O)C(C)C1CNC1.Cl. The number of benzene rings is 1. The van der Waals surface area contributed by atoms with Gasteiger partial charge in [-0.15, -0.1) is 23.7 Å². The van der Waals surface area contributed by atoms with Crippen molar-refractivity contribution < 1.29 is 4.79 Å². The minimum Gasteiger partial charge on any atom is -0.348 e. The number of hydrogen-bond donors (Lipinski definition) is 2. The summed E-state index contributed by atoms with van der Waals surface area (Å²) in [5, 5.41) is 8.66. The summed E-state index contributed by atoms with van der Waals surface area (Å²) in [5.41, 5.74) is 2.51. The van der Waals surface area contributed by atoms with Crippen molar-refractivity contribution in [1.29, 1.82) is 0 Å². The van der Waals surface area contributed by atoms with Gasteiger partial charge < -0.3 is 10.6 Å². The Morgan fingerprint density at radius 2 is 2.00 bits per heavy atom. The van der Waals surface area contributed by atoms with Gasteiger partial charge in [-0.1, -0.05) is 37.3 Å². The van der Waals surface area contributed by atoms with Crippen molar-refractivity contribution in [3.8, 4) is 0 Å². The van der Waals surface area contributed by atoms with E-state index in [0.29, 0.717) is 5.92 Å². The Hall–Kier alpha value is -1.36. The molecule has 1 amide bonds. The molecule has 2 unspecified atom stereocenters.